The summed E-state index contributed by atoms with van der Waals surface area (Å²) in [6.45, 7) is 1.54. The third kappa shape index (κ3) is 3.21. The lowest BCUT2D eigenvalue weighted by Crippen LogP contribution is -2.29. The lowest BCUT2D eigenvalue weighted by molar-refractivity contribution is 0.0953. The van der Waals surface area contributed by atoms with E-state index in [0.29, 0.717) is 11.3 Å². The molecule has 0 atom stereocenters. The molecule has 0 aromatic heterocycles. The number of carbonyl (C=O) groups excluding carboxylic acids is 1. The average molecular weight is 243 g/mol. The molecule has 1 aromatic carbocycles. The van der Waals surface area contributed by atoms with Gasteiger partial charge in [-0.05, 0) is 31.2 Å². The van der Waals surface area contributed by atoms with Crippen LogP contribution in [-0.4, -0.2) is 20.1 Å². The van der Waals surface area contributed by atoms with Gasteiger partial charge >= 0.3 is 0 Å². The molecule has 0 fully saturated rings. The molecule has 0 saturated heterocycles. The third-order valence-electron chi connectivity index (χ3n) is 1.93. The van der Waals surface area contributed by atoms with Gasteiger partial charge in [-0.2, -0.15) is 0 Å². The van der Waals surface area contributed by atoms with Gasteiger partial charge in [-0.1, -0.05) is 0 Å². The van der Waals surface area contributed by atoms with E-state index in [1.165, 1.54) is 24.3 Å². The molecule has 0 aliphatic carbocycles. The van der Waals surface area contributed by atoms with Gasteiger partial charge in [0.05, 0.1) is 5.75 Å². The van der Waals surface area contributed by atoms with Crippen LogP contribution in [-0.2, 0) is 10.0 Å². The Morgan fingerprint density at radius 1 is 1.31 bits per heavy atom. The van der Waals surface area contributed by atoms with Crippen LogP contribution in [0.3, 0.4) is 0 Å². The highest BCUT2D eigenvalue weighted by Gasteiger charge is 2.07. The Morgan fingerprint density at radius 2 is 1.88 bits per heavy atom. The van der Waals surface area contributed by atoms with Crippen molar-refractivity contribution in [3.05, 3.63) is 29.8 Å². The molecular weight excluding hydrogens is 230 g/mol. The Labute approximate surface area is 93.9 Å². The zero-order chi connectivity index (χ0) is 12.2. The van der Waals surface area contributed by atoms with Gasteiger partial charge < -0.3 is 0 Å². The van der Waals surface area contributed by atoms with Crippen molar-refractivity contribution >= 4 is 21.6 Å². The monoisotopic (exact) mass is 243 g/mol. The van der Waals surface area contributed by atoms with Gasteiger partial charge in [-0.15, -0.1) is 0 Å². The number of nitrogens with one attached hydrogen (secondary N) is 2. The first-order chi connectivity index (χ1) is 7.48. The second-order valence-electron chi connectivity index (χ2n) is 3.06. The summed E-state index contributed by atoms with van der Waals surface area (Å²) in [4.78, 5) is 11.1. The van der Waals surface area contributed by atoms with Crippen LogP contribution >= 0.6 is 0 Å². The molecule has 1 rings (SSSR count). The average Bonchev–Trinajstić information content (AvgIpc) is 2.28. The molecular formula is C9H13N3O3S. The molecule has 88 valence electrons. The van der Waals surface area contributed by atoms with Gasteiger partial charge in [0, 0.05) is 11.3 Å². The topological polar surface area (TPSA) is 101 Å². The standard InChI is InChI=1S/C9H13N3O3S/c1-2-16(14,15)12-8-5-3-7(4-6-8)9(13)11-10/h3-6,12H,2,10H2,1H3,(H,11,13). The normalized spacial score (nSPS) is 10.9. The molecule has 0 unspecified atom stereocenters. The molecule has 0 aliphatic heterocycles. The lowest BCUT2D eigenvalue weighted by Gasteiger charge is -2.06. The molecule has 1 aromatic rings. The molecule has 0 saturated carbocycles. The largest absolute Gasteiger partial charge is 0.290 e. The zero-order valence-electron chi connectivity index (χ0n) is 8.73. The summed E-state index contributed by atoms with van der Waals surface area (Å²) in [6, 6.07) is 5.96. The number of hydrazine groups is 1. The Morgan fingerprint density at radius 3 is 2.31 bits per heavy atom. The van der Waals surface area contributed by atoms with Gasteiger partial charge in [-0.3, -0.25) is 14.9 Å². The summed E-state index contributed by atoms with van der Waals surface area (Å²) >= 11 is 0. The second kappa shape index (κ2) is 4.95. The highest BCUT2D eigenvalue weighted by atomic mass is 32.2. The Balaban J connectivity index is 2.84. The van der Waals surface area contributed by atoms with Crippen LogP contribution in [0.1, 0.15) is 17.3 Å². The van der Waals surface area contributed by atoms with Crippen LogP contribution in [0.4, 0.5) is 5.69 Å². The third-order valence-corrected chi connectivity index (χ3v) is 3.24. The quantitative estimate of drug-likeness (QED) is 0.395. The van der Waals surface area contributed by atoms with E-state index in [0.717, 1.165) is 0 Å². The maximum Gasteiger partial charge on any atom is 0.265 e. The first kappa shape index (κ1) is 12.5. The second-order valence-corrected chi connectivity index (χ2v) is 5.07. The fourth-order valence-corrected chi connectivity index (χ4v) is 1.66. The molecule has 6 nitrogen and oxygen atoms in total. The maximum absolute atomic E-state index is 11.2. The van der Waals surface area contributed by atoms with Crippen molar-refractivity contribution in [3.63, 3.8) is 0 Å². The van der Waals surface area contributed by atoms with Crippen molar-refractivity contribution in [2.24, 2.45) is 5.84 Å². The minimum atomic E-state index is -3.29. The van der Waals surface area contributed by atoms with E-state index in [4.69, 9.17) is 5.84 Å². The number of rotatable bonds is 4. The Hall–Kier alpha value is -1.60. The van der Waals surface area contributed by atoms with E-state index in [1.54, 1.807) is 6.92 Å². The number of anilines is 1. The summed E-state index contributed by atoms with van der Waals surface area (Å²) in [5.74, 6) is 4.53. The lowest BCUT2D eigenvalue weighted by atomic mass is 10.2. The smallest absolute Gasteiger partial charge is 0.265 e. The van der Waals surface area contributed by atoms with Crippen molar-refractivity contribution in [1.82, 2.24) is 5.43 Å². The molecule has 0 spiro atoms. The molecule has 7 heteroatoms. The highest BCUT2D eigenvalue weighted by molar-refractivity contribution is 7.92. The Bertz CT molecular complexity index is 467. The number of hydrogen-bond donors (Lipinski definition) is 3. The summed E-state index contributed by atoms with van der Waals surface area (Å²) < 4.78 is 24.8. The van der Waals surface area contributed by atoms with Crippen LogP contribution in [0.5, 0.6) is 0 Å². The highest BCUT2D eigenvalue weighted by Crippen LogP contribution is 2.11. The first-order valence-electron chi connectivity index (χ1n) is 4.60. The molecule has 4 N–H and O–H groups in total. The predicted molar refractivity (Wildman–Crippen MR) is 61.2 cm³/mol. The van der Waals surface area contributed by atoms with Crippen molar-refractivity contribution in [1.29, 1.82) is 0 Å². The van der Waals surface area contributed by atoms with Crippen LogP contribution in [0.25, 0.3) is 0 Å². The summed E-state index contributed by atoms with van der Waals surface area (Å²) in [6.07, 6.45) is 0. The molecule has 0 heterocycles. The van der Waals surface area contributed by atoms with Gasteiger partial charge in [0.25, 0.3) is 5.91 Å². The fourth-order valence-electron chi connectivity index (χ4n) is 1.02. The number of nitrogen functional groups attached to an aromatic ring is 1. The molecule has 1 amide bonds. The minimum Gasteiger partial charge on any atom is -0.290 e. The molecule has 16 heavy (non-hydrogen) atoms. The fraction of sp³-hybridized carbons (Fsp3) is 0.222. The number of amides is 1. The van der Waals surface area contributed by atoms with Crippen LogP contribution < -0.4 is 16.0 Å². The van der Waals surface area contributed by atoms with Crippen molar-refractivity contribution in [3.8, 4) is 0 Å². The number of benzene rings is 1. The predicted octanol–water partition coefficient (Wildman–Crippen LogP) is 0.0517. The van der Waals surface area contributed by atoms with Gasteiger partial charge in [0.1, 0.15) is 0 Å². The van der Waals surface area contributed by atoms with Crippen molar-refractivity contribution in [2.75, 3.05) is 10.5 Å². The van der Waals surface area contributed by atoms with E-state index in [-0.39, 0.29) is 5.75 Å². The van der Waals surface area contributed by atoms with E-state index < -0.39 is 15.9 Å². The summed E-state index contributed by atoms with van der Waals surface area (Å²) in [7, 11) is -3.29. The number of carbonyl (C=O) groups is 1. The molecule has 0 aliphatic rings. The van der Waals surface area contributed by atoms with Gasteiger partial charge in [-0.25, -0.2) is 14.3 Å². The van der Waals surface area contributed by atoms with E-state index in [9.17, 15) is 13.2 Å². The maximum atomic E-state index is 11.2. The molecule has 0 bridgehead atoms. The van der Waals surface area contributed by atoms with E-state index >= 15 is 0 Å². The summed E-state index contributed by atoms with van der Waals surface area (Å²) in [5, 5.41) is 0. The van der Waals surface area contributed by atoms with Crippen LogP contribution in [0.15, 0.2) is 24.3 Å². The number of hydrogen-bond acceptors (Lipinski definition) is 4. The zero-order valence-corrected chi connectivity index (χ0v) is 9.54. The van der Waals surface area contributed by atoms with Crippen LogP contribution in [0.2, 0.25) is 0 Å². The minimum absolute atomic E-state index is 0.00195. The summed E-state index contributed by atoms with van der Waals surface area (Å²) in [5.41, 5.74) is 2.76. The first-order valence-corrected chi connectivity index (χ1v) is 6.25. The Kier molecular flexibility index (Phi) is 3.86. The van der Waals surface area contributed by atoms with Gasteiger partial charge in [0.2, 0.25) is 10.0 Å². The number of nitrogens with two attached hydrogens (primary N) is 1. The SMILES string of the molecule is CCS(=O)(=O)Nc1ccc(C(=O)NN)cc1. The van der Waals surface area contributed by atoms with E-state index in [1.807, 2.05) is 5.43 Å². The van der Waals surface area contributed by atoms with Crippen LogP contribution in [0, 0.1) is 0 Å². The van der Waals surface area contributed by atoms with Gasteiger partial charge in [0.15, 0.2) is 0 Å². The van der Waals surface area contributed by atoms with E-state index in [2.05, 4.69) is 4.72 Å². The number of sulfonamides is 1. The van der Waals surface area contributed by atoms with Crippen molar-refractivity contribution in [2.45, 2.75) is 6.92 Å². The molecule has 0 radical (unpaired) electrons. The van der Waals surface area contributed by atoms with Crippen molar-refractivity contribution < 1.29 is 13.2 Å².